The molecule has 0 aromatic heterocycles. The Morgan fingerprint density at radius 3 is 2.63 bits per heavy atom. The molecule has 104 valence electrons. The van der Waals surface area contributed by atoms with E-state index in [1.54, 1.807) is 6.92 Å². The van der Waals surface area contributed by atoms with E-state index in [0.29, 0.717) is 6.54 Å². The molecule has 0 bridgehead atoms. The van der Waals surface area contributed by atoms with E-state index in [0.717, 1.165) is 0 Å². The van der Waals surface area contributed by atoms with Crippen molar-refractivity contribution in [2.45, 2.75) is 13.8 Å². The van der Waals surface area contributed by atoms with Crippen molar-refractivity contribution in [3.63, 3.8) is 0 Å². The molecule has 19 heavy (non-hydrogen) atoms. The minimum Gasteiger partial charge on any atom is -0.481 e. The molecule has 0 fully saturated rings. The fourth-order valence-corrected chi connectivity index (χ4v) is 1.66. The largest absolute Gasteiger partial charge is 0.481 e. The first-order chi connectivity index (χ1) is 8.88. The molecule has 0 aliphatic heterocycles. The van der Waals surface area contributed by atoms with E-state index in [2.05, 4.69) is 0 Å². The van der Waals surface area contributed by atoms with Crippen LogP contribution < -0.4 is 5.73 Å². The van der Waals surface area contributed by atoms with Crippen LogP contribution in [-0.4, -0.2) is 35.0 Å². The average Bonchev–Trinajstić information content (AvgIpc) is 2.38. The van der Waals surface area contributed by atoms with E-state index < -0.39 is 23.6 Å². The molecule has 1 rings (SSSR count). The van der Waals surface area contributed by atoms with E-state index in [4.69, 9.17) is 10.8 Å². The van der Waals surface area contributed by atoms with Gasteiger partial charge in [0.15, 0.2) is 0 Å². The van der Waals surface area contributed by atoms with Gasteiger partial charge in [-0.2, -0.15) is 0 Å². The van der Waals surface area contributed by atoms with Crippen LogP contribution in [0, 0.1) is 11.7 Å². The molecule has 1 atom stereocenters. The molecule has 0 spiro atoms. The summed E-state index contributed by atoms with van der Waals surface area (Å²) in [6, 6.07) is 3.99. The van der Waals surface area contributed by atoms with E-state index in [1.165, 1.54) is 30.0 Å². The van der Waals surface area contributed by atoms with Crippen LogP contribution in [0.2, 0.25) is 0 Å². The number of aliphatic carboxylic acids is 1. The number of hydrogen-bond acceptors (Lipinski definition) is 3. The van der Waals surface area contributed by atoms with Crippen molar-refractivity contribution in [3.05, 3.63) is 29.6 Å². The van der Waals surface area contributed by atoms with E-state index in [-0.39, 0.29) is 17.8 Å². The van der Waals surface area contributed by atoms with Crippen LogP contribution in [-0.2, 0) is 4.79 Å². The minimum absolute atomic E-state index is 0.0550. The number of carbonyl (C=O) groups excluding carboxylic acids is 1. The monoisotopic (exact) mass is 268 g/mol. The molecule has 0 heterocycles. The summed E-state index contributed by atoms with van der Waals surface area (Å²) >= 11 is 0. The molecule has 0 aliphatic rings. The molecule has 3 N–H and O–H groups in total. The number of halogens is 1. The van der Waals surface area contributed by atoms with Gasteiger partial charge in [0.05, 0.1) is 17.2 Å². The minimum atomic E-state index is -0.988. The Balaban J connectivity index is 2.96. The number of benzene rings is 1. The highest BCUT2D eigenvalue weighted by Gasteiger charge is 2.22. The van der Waals surface area contributed by atoms with Gasteiger partial charge in [-0.15, -0.1) is 0 Å². The smallest absolute Gasteiger partial charge is 0.308 e. The summed E-state index contributed by atoms with van der Waals surface area (Å²) < 4.78 is 13.3. The highest BCUT2D eigenvalue weighted by molar-refractivity contribution is 5.99. The fourth-order valence-electron chi connectivity index (χ4n) is 1.66. The second kappa shape index (κ2) is 6.17. The molecule has 0 radical (unpaired) electrons. The van der Waals surface area contributed by atoms with Crippen molar-refractivity contribution in [2.24, 2.45) is 5.92 Å². The number of rotatable bonds is 5. The van der Waals surface area contributed by atoms with Crippen molar-refractivity contribution in [1.82, 2.24) is 4.90 Å². The number of amides is 1. The van der Waals surface area contributed by atoms with Crippen LogP contribution in [0.3, 0.4) is 0 Å². The molecular weight excluding hydrogens is 251 g/mol. The van der Waals surface area contributed by atoms with Gasteiger partial charge >= 0.3 is 5.97 Å². The van der Waals surface area contributed by atoms with Gasteiger partial charge in [0.25, 0.3) is 5.91 Å². The van der Waals surface area contributed by atoms with Gasteiger partial charge in [-0.1, -0.05) is 13.0 Å². The summed E-state index contributed by atoms with van der Waals surface area (Å²) in [6.45, 7) is 3.61. The van der Waals surface area contributed by atoms with Crippen LogP contribution in [0.1, 0.15) is 24.2 Å². The Labute approximate surface area is 110 Å². The summed E-state index contributed by atoms with van der Waals surface area (Å²) in [4.78, 5) is 24.3. The van der Waals surface area contributed by atoms with Gasteiger partial charge in [0.1, 0.15) is 5.82 Å². The average molecular weight is 268 g/mol. The number of carboxylic acid groups (broad SMARTS) is 1. The standard InChI is InChI=1S/C13H17FN2O3/c1-3-16(7-8(2)13(18)19)12(17)9-5-4-6-10(14)11(9)15/h4-6,8H,3,7,15H2,1-2H3,(H,18,19). The van der Waals surface area contributed by atoms with Crippen LogP contribution in [0.25, 0.3) is 0 Å². The Hall–Kier alpha value is -2.11. The van der Waals surface area contributed by atoms with E-state index in [1.807, 2.05) is 0 Å². The lowest BCUT2D eigenvalue weighted by Crippen LogP contribution is -2.37. The van der Waals surface area contributed by atoms with Gasteiger partial charge in [0.2, 0.25) is 0 Å². The maximum atomic E-state index is 13.3. The summed E-state index contributed by atoms with van der Waals surface area (Å²) in [5.41, 5.74) is 5.37. The lowest BCUT2D eigenvalue weighted by atomic mass is 10.1. The number of nitrogen functional groups attached to an aromatic ring is 1. The van der Waals surface area contributed by atoms with Gasteiger partial charge in [-0.3, -0.25) is 9.59 Å². The number of para-hydroxylation sites is 1. The molecule has 1 amide bonds. The first kappa shape index (κ1) is 14.9. The van der Waals surface area contributed by atoms with Gasteiger partial charge in [-0.25, -0.2) is 4.39 Å². The van der Waals surface area contributed by atoms with Gasteiger partial charge < -0.3 is 15.7 Å². The molecule has 0 aliphatic carbocycles. The predicted octanol–water partition coefficient (Wildman–Crippen LogP) is 1.59. The first-order valence-electron chi connectivity index (χ1n) is 5.94. The molecule has 1 aromatic carbocycles. The Kier molecular flexibility index (Phi) is 4.86. The lowest BCUT2D eigenvalue weighted by molar-refractivity contribution is -0.141. The molecule has 0 saturated heterocycles. The number of hydrogen-bond donors (Lipinski definition) is 2. The SMILES string of the molecule is CCN(CC(C)C(=O)O)C(=O)c1cccc(F)c1N. The van der Waals surface area contributed by atoms with Crippen LogP contribution in [0.4, 0.5) is 10.1 Å². The zero-order valence-corrected chi connectivity index (χ0v) is 10.9. The predicted molar refractivity (Wildman–Crippen MR) is 69.2 cm³/mol. The first-order valence-corrected chi connectivity index (χ1v) is 5.94. The summed E-state index contributed by atoms with van der Waals surface area (Å²) in [6.07, 6.45) is 0. The zero-order valence-electron chi connectivity index (χ0n) is 10.9. The van der Waals surface area contributed by atoms with Crippen LogP contribution >= 0.6 is 0 Å². The van der Waals surface area contributed by atoms with Crippen molar-refractivity contribution >= 4 is 17.6 Å². The van der Waals surface area contributed by atoms with Gasteiger partial charge in [0, 0.05) is 13.1 Å². The third-order valence-electron chi connectivity index (χ3n) is 2.87. The quantitative estimate of drug-likeness (QED) is 0.794. The highest BCUT2D eigenvalue weighted by atomic mass is 19.1. The summed E-state index contributed by atoms with van der Waals surface area (Å²) in [7, 11) is 0. The van der Waals surface area contributed by atoms with Crippen molar-refractivity contribution in [2.75, 3.05) is 18.8 Å². The Morgan fingerprint density at radius 2 is 2.11 bits per heavy atom. The molecule has 1 aromatic rings. The maximum Gasteiger partial charge on any atom is 0.308 e. The number of carboxylic acids is 1. The van der Waals surface area contributed by atoms with Crippen molar-refractivity contribution in [1.29, 1.82) is 0 Å². The Morgan fingerprint density at radius 1 is 1.47 bits per heavy atom. The fraction of sp³-hybridized carbons (Fsp3) is 0.385. The third kappa shape index (κ3) is 3.43. The van der Waals surface area contributed by atoms with E-state index in [9.17, 15) is 14.0 Å². The summed E-state index contributed by atoms with van der Waals surface area (Å²) in [5.74, 6) is -2.81. The number of nitrogens with two attached hydrogens (primary N) is 1. The topological polar surface area (TPSA) is 83.6 Å². The lowest BCUT2D eigenvalue weighted by Gasteiger charge is -2.23. The number of carbonyl (C=O) groups is 2. The zero-order chi connectivity index (χ0) is 14.6. The normalized spacial score (nSPS) is 11.9. The third-order valence-corrected chi connectivity index (χ3v) is 2.87. The van der Waals surface area contributed by atoms with Crippen molar-refractivity contribution < 1.29 is 19.1 Å². The molecule has 0 saturated carbocycles. The molecule has 5 nitrogen and oxygen atoms in total. The molecule has 1 unspecified atom stereocenters. The van der Waals surface area contributed by atoms with Crippen LogP contribution in [0.5, 0.6) is 0 Å². The molecular formula is C13H17FN2O3. The van der Waals surface area contributed by atoms with Gasteiger partial charge in [-0.05, 0) is 19.1 Å². The van der Waals surface area contributed by atoms with E-state index >= 15 is 0 Å². The highest BCUT2D eigenvalue weighted by Crippen LogP contribution is 2.18. The summed E-state index contributed by atoms with van der Waals surface area (Å²) in [5, 5.41) is 8.85. The Bertz CT molecular complexity index is 491. The van der Waals surface area contributed by atoms with Crippen molar-refractivity contribution in [3.8, 4) is 0 Å². The number of anilines is 1. The number of nitrogens with zero attached hydrogens (tertiary/aromatic N) is 1. The second-order valence-corrected chi connectivity index (χ2v) is 4.28. The molecule has 6 heteroatoms. The maximum absolute atomic E-state index is 13.3. The van der Waals surface area contributed by atoms with Crippen LogP contribution in [0.15, 0.2) is 18.2 Å². The second-order valence-electron chi connectivity index (χ2n) is 4.28.